The highest BCUT2D eigenvalue weighted by molar-refractivity contribution is 5.87. The van der Waals surface area contributed by atoms with Crippen LogP contribution in [0.15, 0.2) is 152 Å². The van der Waals surface area contributed by atoms with E-state index in [0.717, 1.165) is 38.9 Å². The zero-order valence-corrected chi connectivity index (χ0v) is 74.2. The second kappa shape index (κ2) is 64.4. The molecule has 0 saturated carbocycles. The fraction of sp³-hybridized carbons (Fsp3) is 0.511. The number of carbonyl (C=O) groups excluding carboxylic acids is 13. The van der Waals surface area contributed by atoms with Gasteiger partial charge in [0.05, 0.1) is 24.2 Å². The fourth-order valence-corrected chi connectivity index (χ4v) is 13.5. The molecule has 0 saturated heterocycles. The van der Waals surface area contributed by atoms with E-state index >= 15 is 0 Å². The van der Waals surface area contributed by atoms with Crippen molar-refractivity contribution < 1.29 is 81.3 Å². The third kappa shape index (κ3) is 47.9. The zero-order valence-electron chi connectivity index (χ0n) is 74.2. The van der Waals surface area contributed by atoms with Crippen LogP contribution in [0.4, 0.5) is 19.2 Å². The Morgan fingerprint density at radius 3 is 1.05 bits per heavy atom. The Morgan fingerprint density at radius 2 is 0.659 bits per heavy atom. The largest absolute Gasteiger partial charge is 0.445 e. The molecule has 0 fully saturated rings. The van der Waals surface area contributed by atoms with Crippen molar-refractivity contribution in [1.82, 2.24) is 83.9 Å². The molecule has 5 aromatic carbocycles. The number of rotatable bonds is 66. The van der Waals surface area contributed by atoms with E-state index in [-0.39, 0.29) is 161 Å². The van der Waals surface area contributed by atoms with Gasteiger partial charge in [0, 0.05) is 148 Å². The summed E-state index contributed by atoms with van der Waals surface area (Å²) in [6, 6.07) is 42.3. The number of nitrogens with two attached hydrogens (primary N) is 4. The van der Waals surface area contributed by atoms with Gasteiger partial charge in [-0.25, -0.2) is 19.2 Å². The van der Waals surface area contributed by atoms with Gasteiger partial charge in [-0.2, -0.15) is 0 Å². The van der Waals surface area contributed by atoms with Gasteiger partial charge in [0.15, 0.2) is 0 Å². The standard InChI is InChI=1S/C92H136N20O17/c93-45-20-15-38-78(110-92(125)129-67-71-31-11-4-12-32-71)87(120)105-57-53-98-81(114)42-60-111(59-41-80(113)97-50-54-102-84(117)74(94)34-16-21-46-106-89(122)126-64-68-25-5-1-6-26-68)58-24-19-39-79(88(121)101-49-40-73-63-72-33-13-14-37-77(72)109-73)112(61-43-82(115)99-51-55-103-85(118)75(95)35-17-22-47-107-90(123)127-65-69-27-7-2-8-28-69)62-44-83(116)100-52-56-104-86(119)76(96)36-18-23-48-108-91(124)128-66-70-29-9-3-10-30-70/h1-14,25-33,37,63,74-76,78-79,109H,15-24,34-36,38-62,64-67,93-96H2,(H,97,113)(H,98,114)(H,99,115)(H,100,116)(H,101,121)(H,102,117)(H,103,118)(H,104,119)(H,105,120)(H,106,122)(H,107,123)(H,108,124)(H,110,125)/t74-,75-,76-,78-,79-/m0/s1. The number of aromatic amines is 1. The molecule has 5 atom stereocenters. The first-order chi connectivity index (χ1) is 62.6. The molecule has 37 nitrogen and oxygen atoms in total. The van der Waals surface area contributed by atoms with Crippen molar-refractivity contribution >= 4 is 88.4 Å². The molecule has 0 radical (unpaired) electrons. The van der Waals surface area contributed by atoms with Crippen LogP contribution >= 0.6 is 0 Å². The van der Waals surface area contributed by atoms with Crippen LogP contribution in [0.2, 0.25) is 0 Å². The molecule has 1 heterocycles. The molecule has 0 aliphatic carbocycles. The number of hydrogen-bond donors (Lipinski definition) is 18. The number of carbonyl (C=O) groups is 13. The predicted octanol–water partition coefficient (Wildman–Crippen LogP) is 4.16. The van der Waals surface area contributed by atoms with Gasteiger partial charge in [-0.3, -0.25) is 48.1 Å². The van der Waals surface area contributed by atoms with Crippen molar-refractivity contribution in [2.45, 2.75) is 185 Å². The summed E-state index contributed by atoms with van der Waals surface area (Å²) < 4.78 is 21.2. The summed E-state index contributed by atoms with van der Waals surface area (Å²) in [6.07, 6.45) is 4.45. The highest BCUT2D eigenvalue weighted by Crippen LogP contribution is 2.18. The van der Waals surface area contributed by atoms with E-state index in [2.05, 4.69) is 74.1 Å². The lowest BCUT2D eigenvalue weighted by atomic mass is 10.0. The Morgan fingerprint density at radius 1 is 0.318 bits per heavy atom. The van der Waals surface area contributed by atoms with Gasteiger partial charge >= 0.3 is 24.4 Å². The van der Waals surface area contributed by atoms with Crippen LogP contribution in [0.1, 0.15) is 150 Å². The first-order valence-electron chi connectivity index (χ1n) is 44.9. The minimum Gasteiger partial charge on any atom is -0.445 e. The van der Waals surface area contributed by atoms with E-state index in [1.54, 1.807) is 17.0 Å². The molecule has 22 N–H and O–H groups in total. The van der Waals surface area contributed by atoms with Crippen LogP contribution in [0.25, 0.3) is 10.9 Å². The molecule has 1 aromatic heterocycles. The first kappa shape index (κ1) is 105. The average Bonchev–Trinajstić information content (AvgIpc) is 1.72. The highest BCUT2D eigenvalue weighted by atomic mass is 16.6. The minimum atomic E-state index is -0.937. The molecule has 0 spiro atoms. The number of benzene rings is 5. The number of H-pyrrole nitrogens is 1. The van der Waals surface area contributed by atoms with Gasteiger partial charge in [-0.05, 0) is 143 Å². The molecule has 13 amide bonds. The number of unbranched alkanes of at least 4 members (excludes halogenated alkanes) is 5. The number of amides is 13. The number of alkyl carbamates (subject to hydrolysis) is 4. The van der Waals surface area contributed by atoms with Crippen molar-refractivity contribution in [3.63, 3.8) is 0 Å². The van der Waals surface area contributed by atoms with Crippen molar-refractivity contribution in [1.29, 1.82) is 0 Å². The van der Waals surface area contributed by atoms with Crippen molar-refractivity contribution in [3.05, 3.63) is 180 Å². The highest BCUT2D eigenvalue weighted by Gasteiger charge is 2.29. The van der Waals surface area contributed by atoms with E-state index < -0.39 is 90.0 Å². The van der Waals surface area contributed by atoms with Crippen LogP contribution < -0.4 is 92.1 Å². The number of nitrogens with one attached hydrogen (secondary N) is 14. The number of ether oxygens (including phenoxy) is 4. The number of para-hydroxylation sites is 1. The van der Waals surface area contributed by atoms with E-state index in [0.29, 0.717) is 129 Å². The summed E-state index contributed by atoms with van der Waals surface area (Å²) in [7, 11) is 0. The van der Waals surface area contributed by atoms with Gasteiger partial charge in [-0.15, -0.1) is 0 Å². The molecule has 0 bridgehead atoms. The summed E-state index contributed by atoms with van der Waals surface area (Å²) in [5, 5.41) is 37.3. The maximum Gasteiger partial charge on any atom is 0.408 e. The molecule has 0 aliphatic rings. The molecular weight excluding hydrogens is 1660 g/mol. The predicted molar refractivity (Wildman–Crippen MR) is 489 cm³/mol. The Hall–Kier alpha value is -12.3. The Balaban J connectivity index is 1.08. The summed E-state index contributed by atoms with van der Waals surface area (Å²) in [4.78, 5) is 179. The van der Waals surface area contributed by atoms with Gasteiger partial charge in [-0.1, -0.05) is 146 Å². The number of aromatic nitrogens is 1. The lowest BCUT2D eigenvalue weighted by Gasteiger charge is -2.31. The minimum absolute atomic E-state index is 0.0000305. The lowest BCUT2D eigenvalue weighted by molar-refractivity contribution is -0.129. The van der Waals surface area contributed by atoms with Gasteiger partial charge in [0.1, 0.15) is 32.5 Å². The van der Waals surface area contributed by atoms with E-state index in [1.165, 1.54) is 0 Å². The van der Waals surface area contributed by atoms with Crippen molar-refractivity contribution in [2.75, 3.05) is 118 Å². The van der Waals surface area contributed by atoms with Gasteiger partial charge in [0.25, 0.3) is 0 Å². The Bertz CT molecular complexity index is 4150. The fourth-order valence-electron chi connectivity index (χ4n) is 13.5. The van der Waals surface area contributed by atoms with Crippen LogP contribution in [-0.4, -0.2) is 240 Å². The van der Waals surface area contributed by atoms with Crippen LogP contribution in [0.5, 0.6) is 0 Å². The first-order valence-corrected chi connectivity index (χ1v) is 44.9. The topological polar surface area (TPSA) is 542 Å². The third-order valence-electron chi connectivity index (χ3n) is 20.8. The molecule has 0 unspecified atom stereocenters. The quantitative estimate of drug-likeness (QED) is 0.0188. The van der Waals surface area contributed by atoms with Crippen LogP contribution in [-0.2, 0) is 94.9 Å². The van der Waals surface area contributed by atoms with Crippen LogP contribution in [0, 0.1) is 0 Å². The van der Waals surface area contributed by atoms with Crippen molar-refractivity contribution in [2.24, 2.45) is 22.9 Å². The molecule has 129 heavy (non-hydrogen) atoms. The molecular formula is C92H136N20O17. The van der Waals surface area contributed by atoms with Crippen LogP contribution in [0.3, 0.4) is 0 Å². The molecule has 706 valence electrons. The monoisotopic (exact) mass is 1790 g/mol. The second-order valence-corrected chi connectivity index (χ2v) is 31.2. The van der Waals surface area contributed by atoms with Gasteiger partial charge in [0.2, 0.25) is 53.2 Å². The number of fused-ring (bicyclic) bond motifs is 1. The number of nitrogens with zero attached hydrogens (tertiary/aromatic N) is 2. The number of hydrogen-bond acceptors (Lipinski definition) is 23. The summed E-state index contributed by atoms with van der Waals surface area (Å²) >= 11 is 0. The Labute approximate surface area is 755 Å². The molecule has 37 heteroatoms. The zero-order chi connectivity index (χ0) is 92.7. The van der Waals surface area contributed by atoms with E-state index in [1.807, 2.05) is 144 Å². The van der Waals surface area contributed by atoms with Crippen molar-refractivity contribution in [3.8, 4) is 0 Å². The summed E-state index contributed by atoms with van der Waals surface area (Å²) in [5.74, 6) is -3.63. The smallest absolute Gasteiger partial charge is 0.408 e. The SMILES string of the molecule is NCCCC[C@H](NC(=O)OCc1ccccc1)C(=O)NCCNC(=O)CCN(CCCC[C@@H](C(=O)NCCc1cc2ccccc2[nH]1)N(CCC(=O)NCCNC(=O)[C@@H](N)CCCCNC(=O)OCc1ccccc1)CCC(=O)NCCNC(=O)[C@@H](N)CCCCNC(=O)OCc1ccccc1)CCC(=O)NCCNC(=O)[C@@H](N)CCCCNC(=O)OCc1ccccc1. The average molecular weight is 1790 g/mol. The summed E-state index contributed by atoms with van der Waals surface area (Å²) in [5.41, 5.74) is 29.5. The summed E-state index contributed by atoms with van der Waals surface area (Å²) in [6.45, 7) is 3.07. The molecule has 0 aliphatic heterocycles. The van der Waals surface area contributed by atoms with Gasteiger partial charge < -0.3 is 121 Å². The third-order valence-corrected chi connectivity index (χ3v) is 20.8. The van der Waals surface area contributed by atoms with E-state index in [4.69, 9.17) is 41.9 Å². The Kier molecular flexibility index (Phi) is 52.7. The second-order valence-electron chi connectivity index (χ2n) is 31.2. The lowest BCUT2D eigenvalue weighted by Crippen LogP contribution is -2.50. The normalized spacial score (nSPS) is 12.2. The van der Waals surface area contributed by atoms with E-state index in [9.17, 15) is 62.3 Å². The maximum absolute atomic E-state index is 14.9. The molecule has 6 rings (SSSR count). The maximum atomic E-state index is 14.9. The molecule has 6 aromatic rings.